The monoisotopic (exact) mass is 327 g/mol. The Hall–Kier alpha value is -2.84. The molecule has 4 N–H and O–H groups in total. The van der Waals surface area contributed by atoms with E-state index in [2.05, 4.69) is 15.3 Å². The minimum Gasteiger partial charge on any atom is -0.478 e. The van der Waals surface area contributed by atoms with Gasteiger partial charge >= 0.3 is 18.0 Å². The van der Waals surface area contributed by atoms with Gasteiger partial charge in [-0.15, -0.1) is 0 Å². The van der Waals surface area contributed by atoms with Crippen molar-refractivity contribution in [2.75, 3.05) is 13.2 Å². The normalized spacial score (nSPS) is 9.78. The first kappa shape index (κ1) is 20.2. The van der Waals surface area contributed by atoms with E-state index in [1.54, 1.807) is 12.5 Å². The molecule has 0 unspecified atom stereocenters. The lowest BCUT2D eigenvalue weighted by Crippen LogP contribution is -2.25. The summed E-state index contributed by atoms with van der Waals surface area (Å²) >= 11 is 0. The Balaban J connectivity index is 0.000000515. The van der Waals surface area contributed by atoms with Gasteiger partial charge in [0.1, 0.15) is 0 Å². The van der Waals surface area contributed by atoms with Crippen LogP contribution in [0.5, 0.6) is 0 Å². The first-order valence-electron chi connectivity index (χ1n) is 6.97. The van der Waals surface area contributed by atoms with Gasteiger partial charge in [0.2, 0.25) is 0 Å². The van der Waals surface area contributed by atoms with Crippen LogP contribution in [0.15, 0.2) is 24.7 Å². The van der Waals surface area contributed by atoms with Crippen molar-refractivity contribution in [3.8, 4) is 0 Å². The fourth-order valence-corrected chi connectivity index (χ4v) is 1.27. The summed E-state index contributed by atoms with van der Waals surface area (Å²) in [6.45, 7) is 3.10. The van der Waals surface area contributed by atoms with Crippen LogP contribution in [0.4, 0.5) is 4.79 Å². The maximum Gasteiger partial charge on any atom is 0.407 e. The molecule has 0 aliphatic rings. The van der Waals surface area contributed by atoms with Crippen molar-refractivity contribution < 1.29 is 29.3 Å². The van der Waals surface area contributed by atoms with Crippen LogP contribution < -0.4 is 5.32 Å². The summed E-state index contributed by atoms with van der Waals surface area (Å²) in [5, 5.41) is 18.3. The lowest BCUT2D eigenvalue weighted by atomic mass is 10.3. The van der Waals surface area contributed by atoms with E-state index < -0.39 is 11.9 Å². The molecule has 0 bridgehead atoms. The number of ether oxygens (including phenoxy) is 1. The molecular weight excluding hydrogens is 306 g/mol. The molecule has 1 heterocycles. The number of hydrogen-bond acceptors (Lipinski definition) is 5. The molecule has 0 spiro atoms. The number of carboxylic acid groups (broad SMARTS) is 2. The second-order valence-electron chi connectivity index (χ2n) is 4.25. The molecule has 0 aliphatic heterocycles. The second-order valence-corrected chi connectivity index (χ2v) is 4.25. The van der Waals surface area contributed by atoms with Crippen molar-refractivity contribution in [3.63, 3.8) is 0 Å². The molecule has 0 aliphatic carbocycles. The number of amides is 1. The Bertz CT molecular complexity index is 483. The van der Waals surface area contributed by atoms with Gasteiger partial charge in [-0.3, -0.25) is 0 Å². The molecular formula is C14H21N3O6. The van der Waals surface area contributed by atoms with E-state index in [-0.39, 0.29) is 6.09 Å². The summed E-state index contributed by atoms with van der Waals surface area (Å²) in [6, 6.07) is 0. The summed E-state index contributed by atoms with van der Waals surface area (Å²) in [5.74, 6) is -2.51. The molecule has 1 rings (SSSR count). The molecule has 0 atom stereocenters. The number of rotatable bonds is 8. The van der Waals surface area contributed by atoms with Gasteiger partial charge in [-0.1, -0.05) is 6.92 Å². The van der Waals surface area contributed by atoms with Gasteiger partial charge in [0.05, 0.1) is 12.9 Å². The summed E-state index contributed by atoms with van der Waals surface area (Å²) < 4.78 is 4.96. The number of H-pyrrole nitrogens is 1. The Labute approximate surface area is 133 Å². The number of carbonyl (C=O) groups is 3. The molecule has 0 fully saturated rings. The SMILES string of the molecule is CCCNC(=O)OCCCc1cnc[nH]1.O=C(O)/C=C/C(=O)O. The van der Waals surface area contributed by atoms with Gasteiger partial charge in [-0.05, 0) is 19.3 Å². The molecule has 1 amide bonds. The lowest BCUT2D eigenvalue weighted by Gasteiger charge is -2.04. The second kappa shape index (κ2) is 12.9. The molecule has 9 nitrogen and oxygen atoms in total. The molecule has 23 heavy (non-hydrogen) atoms. The number of aliphatic carboxylic acids is 2. The smallest absolute Gasteiger partial charge is 0.407 e. The number of carboxylic acids is 2. The van der Waals surface area contributed by atoms with Gasteiger partial charge in [0, 0.05) is 30.6 Å². The van der Waals surface area contributed by atoms with E-state index in [9.17, 15) is 14.4 Å². The minimum absolute atomic E-state index is 0.332. The van der Waals surface area contributed by atoms with Crippen molar-refractivity contribution in [1.82, 2.24) is 15.3 Å². The maximum atomic E-state index is 11.0. The highest BCUT2D eigenvalue weighted by Gasteiger charge is 2.00. The van der Waals surface area contributed by atoms with Gasteiger partial charge in [0.15, 0.2) is 0 Å². The fourth-order valence-electron chi connectivity index (χ4n) is 1.27. The predicted octanol–water partition coefficient (Wildman–Crippen LogP) is 1.19. The molecule has 0 aromatic carbocycles. The van der Waals surface area contributed by atoms with Gasteiger partial charge < -0.3 is 25.3 Å². The zero-order valence-corrected chi connectivity index (χ0v) is 12.8. The zero-order chi connectivity index (χ0) is 17.5. The quantitative estimate of drug-likeness (QED) is 0.415. The molecule has 0 radical (unpaired) electrons. The van der Waals surface area contributed by atoms with Crippen molar-refractivity contribution in [3.05, 3.63) is 30.4 Å². The zero-order valence-electron chi connectivity index (χ0n) is 12.8. The number of aromatic amines is 1. The minimum atomic E-state index is -1.26. The number of nitrogens with zero attached hydrogens (tertiary/aromatic N) is 1. The van der Waals surface area contributed by atoms with E-state index in [4.69, 9.17) is 14.9 Å². The standard InChI is InChI=1S/C10H17N3O2.C4H4O4/c1-2-5-12-10(14)15-6-3-4-9-7-11-8-13-9;5-3(6)1-2-4(7)8/h7-8H,2-6H2,1H3,(H,11,13)(H,12,14);1-2H,(H,5,6)(H,7,8)/b;2-1+. The number of aryl methyl sites for hydroxylation is 1. The average Bonchev–Trinajstić information content (AvgIpc) is 3.01. The van der Waals surface area contributed by atoms with E-state index in [1.165, 1.54) is 0 Å². The first-order valence-corrected chi connectivity index (χ1v) is 6.97. The van der Waals surface area contributed by atoms with Crippen molar-refractivity contribution in [2.24, 2.45) is 0 Å². The number of alkyl carbamates (subject to hydrolysis) is 1. The average molecular weight is 327 g/mol. The van der Waals surface area contributed by atoms with Crippen LogP contribution in [-0.2, 0) is 20.7 Å². The maximum absolute atomic E-state index is 11.0. The number of carbonyl (C=O) groups excluding carboxylic acids is 1. The fraction of sp³-hybridized carbons (Fsp3) is 0.429. The summed E-state index contributed by atoms with van der Waals surface area (Å²) in [5.41, 5.74) is 1.06. The molecule has 9 heteroatoms. The van der Waals surface area contributed by atoms with Crippen molar-refractivity contribution in [1.29, 1.82) is 0 Å². The Morgan fingerprint density at radius 3 is 2.43 bits per heavy atom. The van der Waals surface area contributed by atoms with Gasteiger partial charge in [-0.25, -0.2) is 19.4 Å². The van der Waals surface area contributed by atoms with Crippen LogP contribution in [0, 0.1) is 0 Å². The number of hydrogen-bond donors (Lipinski definition) is 4. The van der Waals surface area contributed by atoms with Crippen molar-refractivity contribution in [2.45, 2.75) is 26.2 Å². The van der Waals surface area contributed by atoms with Gasteiger partial charge in [0.25, 0.3) is 0 Å². The predicted molar refractivity (Wildman–Crippen MR) is 81.0 cm³/mol. The molecule has 0 saturated carbocycles. The highest BCUT2D eigenvalue weighted by molar-refractivity contribution is 5.89. The van der Waals surface area contributed by atoms with Crippen molar-refractivity contribution >= 4 is 18.0 Å². The number of aromatic nitrogens is 2. The number of nitrogens with one attached hydrogen (secondary N) is 2. The van der Waals surface area contributed by atoms with Crippen LogP contribution in [0.25, 0.3) is 0 Å². The van der Waals surface area contributed by atoms with E-state index in [1.807, 2.05) is 6.92 Å². The Morgan fingerprint density at radius 1 is 1.30 bits per heavy atom. The highest BCUT2D eigenvalue weighted by atomic mass is 16.5. The van der Waals surface area contributed by atoms with Crippen LogP contribution in [0.3, 0.4) is 0 Å². The summed E-state index contributed by atoms with van der Waals surface area (Å²) in [6.07, 6.45) is 6.78. The third kappa shape index (κ3) is 13.9. The third-order valence-corrected chi connectivity index (χ3v) is 2.27. The highest BCUT2D eigenvalue weighted by Crippen LogP contribution is 1.97. The van der Waals surface area contributed by atoms with E-state index in [0.29, 0.717) is 25.3 Å². The molecule has 1 aromatic rings. The van der Waals surface area contributed by atoms with Gasteiger partial charge in [-0.2, -0.15) is 0 Å². The molecule has 1 aromatic heterocycles. The van der Waals surface area contributed by atoms with E-state index >= 15 is 0 Å². The topological polar surface area (TPSA) is 142 Å². The lowest BCUT2D eigenvalue weighted by molar-refractivity contribution is -0.134. The third-order valence-electron chi connectivity index (χ3n) is 2.27. The summed E-state index contributed by atoms with van der Waals surface area (Å²) in [7, 11) is 0. The Morgan fingerprint density at radius 2 is 1.96 bits per heavy atom. The first-order chi connectivity index (χ1) is 11.0. The molecule has 0 saturated heterocycles. The number of imidazole rings is 1. The van der Waals surface area contributed by atoms with E-state index in [0.717, 1.165) is 25.0 Å². The summed E-state index contributed by atoms with van der Waals surface area (Å²) in [4.78, 5) is 37.0. The van der Waals surface area contributed by atoms with Crippen LogP contribution in [0.1, 0.15) is 25.5 Å². The van der Waals surface area contributed by atoms with Crippen LogP contribution in [-0.4, -0.2) is 51.4 Å². The largest absolute Gasteiger partial charge is 0.478 e. The van der Waals surface area contributed by atoms with Crippen LogP contribution >= 0.6 is 0 Å². The Kier molecular flexibility index (Phi) is 11.3. The molecule has 128 valence electrons. The van der Waals surface area contributed by atoms with Crippen LogP contribution in [0.2, 0.25) is 0 Å².